The van der Waals surface area contributed by atoms with E-state index in [1.807, 2.05) is 6.07 Å². The van der Waals surface area contributed by atoms with Gasteiger partial charge in [0.25, 0.3) is 0 Å². The summed E-state index contributed by atoms with van der Waals surface area (Å²) in [5, 5.41) is 8.98. The second-order valence-corrected chi connectivity index (χ2v) is 9.21. The van der Waals surface area contributed by atoms with Gasteiger partial charge < -0.3 is 9.47 Å². The van der Waals surface area contributed by atoms with Gasteiger partial charge in [0.15, 0.2) is 11.5 Å². The molecular formula is C22H24N2O5S. The lowest BCUT2D eigenvalue weighted by molar-refractivity contribution is 0.0729. The van der Waals surface area contributed by atoms with Gasteiger partial charge in [0, 0.05) is 19.2 Å². The number of nitriles is 1. The van der Waals surface area contributed by atoms with Crippen LogP contribution in [0.15, 0.2) is 47.4 Å². The molecule has 1 aliphatic carbocycles. The number of esters is 1. The van der Waals surface area contributed by atoms with Crippen LogP contribution in [-0.2, 0) is 10.0 Å². The summed E-state index contributed by atoms with van der Waals surface area (Å²) in [5.41, 5.74) is 0.477. The maximum absolute atomic E-state index is 13.1. The first-order chi connectivity index (χ1) is 14.4. The normalized spacial score (nSPS) is 14.9. The molecule has 158 valence electrons. The molecule has 0 amide bonds. The number of ether oxygens (including phenoxy) is 2. The summed E-state index contributed by atoms with van der Waals surface area (Å²) in [7, 11) is -0.724. The van der Waals surface area contributed by atoms with Crippen LogP contribution in [0.4, 0.5) is 0 Å². The molecule has 1 saturated carbocycles. The number of rotatable bonds is 6. The quantitative estimate of drug-likeness (QED) is 0.514. The van der Waals surface area contributed by atoms with Gasteiger partial charge in [-0.2, -0.15) is 9.57 Å². The average molecular weight is 429 g/mol. The van der Waals surface area contributed by atoms with Crippen molar-refractivity contribution in [2.24, 2.45) is 0 Å². The van der Waals surface area contributed by atoms with Gasteiger partial charge in [0.1, 0.15) is 0 Å². The lowest BCUT2D eigenvalue weighted by Crippen LogP contribution is -2.38. The van der Waals surface area contributed by atoms with E-state index >= 15 is 0 Å². The molecule has 2 aromatic carbocycles. The molecule has 1 fully saturated rings. The number of carbonyl (C=O) groups is 1. The lowest BCUT2D eigenvalue weighted by Gasteiger charge is -2.30. The van der Waals surface area contributed by atoms with Gasteiger partial charge in [-0.3, -0.25) is 0 Å². The van der Waals surface area contributed by atoms with Crippen molar-refractivity contribution >= 4 is 16.0 Å². The minimum Gasteiger partial charge on any atom is -0.493 e. The Hall–Kier alpha value is -2.89. The van der Waals surface area contributed by atoms with Gasteiger partial charge in [0.05, 0.1) is 29.2 Å². The number of carbonyl (C=O) groups excluding carboxylic acids is 1. The minimum absolute atomic E-state index is 0.0257. The first-order valence-electron chi connectivity index (χ1n) is 9.75. The van der Waals surface area contributed by atoms with Gasteiger partial charge in [-0.25, -0.2) is 13.2 Å². The Kier molecular flexibility index (Phi) is 6.75. The highest BCUT2D eigenvalue weighted by Gasteiger charge is 2.29. The topological polar surface area (TPSA) is 96.7 Å². The maximum Gasteiger partial charge on any atom is 0.343 e. The predicted octanol–water partition coefficient (Wildman–Crippen LogP) is 3.74. The van der Waals surface area contributed by atoms with Crippen LogP contribution in [0.1, 0.15) is 48.0 Å². The van der Waals surface area contributed by atoms with E-state index in [4.69, 9.17) is 14.7 Å². The Morgan fingerprint density at radius 2 is 1.83 bits per heavy atom. The van der Waals surface area contributed by atoms with Crippen molar-refractivity contribution in [1.29, 1.82) is 5.26 Å². The van der Waals surface area contributed by atoms with E-state index in [1.54, 1.807) is 7.05 Å². The fourth-order valence-corrected chi connectivity index (χ4v) is 5.03. The van der Waals surface area contributed by atoms with Crippen molar-refractivity contribution in [3.63, 3.8) is 0 Å². The molecule has 1 aliphatic rings. The van der Waals surface area contributed by atoms with E-state index in [0.717, 1.165) is 32.1 Å². The molecule has 0 aliphatic heterocycles. The molecule has 0 unspecified atom stereocenters. The first kappa shape index (κ1) is 21.8. The molecular weight excluding hydrogens is 404 g/mol. The summed E-state index contributed by atoms with van der Waals surface area (Å²) >= 11 is 0. The zero-order chi connectivity index (χ0) is 21.7. The second kappa shape index (κ2) is 9.28. The summed E-state index contributed by atoms with van der Waals surface area (Å²) in [6, 6.07) is 12.2. The van der Waals surface area contributed by atoms with Gasteiger partial charge in [-0.05, 0) is 43.2 Å². The maximum atomic E-state index is 13.1. The zero-order valence-corrected chi connectivity index (χ0v) is 17.8. The number of methoxy groups -OCH3 is 1. The highest BCUT2D eigenvalue weighted by atomic mass is 32.2. The van der Waals surface area contributed by atoms with Crippen LogP contribution in [0.3, 0.4) is 0 Å². The third-order valence-electron chi connectivity index (χ3n) is 5.33. The smallest absolute Gasteiger partial charge is 0.343 e. The molecule has 0 aromatic heterocycles. The molecule has 3 rings (SSSR count). The van der Waals surface area contributed by atoms with Gasteiger partial charge in [-0.1, -0.05) is 25.3 Å². The van der Waals surface area contributed by atoms with Crippen molar-refractivity contribution in [1.82, 2.24) is 4.31 Å². The van der Waals surface area contributed by atoms with E-state index in [0.29, 0.717) is 5.56 Å². The monoisotopic (exact) mass is 428 g/mol. The summed E-state index contributed by atoms with van der Waals surface area (Å²) in [4.78, 5) is 12.7. The molecule has 8 heteroatoms. The molecule has 2 aromatic rings. The molecule has 0 N–H and O–H groups in total. The molecule has 0 atom stereocenters. The number of benzene rings is 2. The fourth-order valence-electron chi connectivity index (χ4n) is 3.57. The van der Waals surface area contributed by atoms with Crippen LogP contribution >= 0.6 is 0 Å². The van der Waals surface area contributed by atoms with Gasteiger partial charge in [-0.15, -0.1) is 0 Å². The largest absolute Gasteiger partial charge is 0.493 e. The highest BCUT2D eigenvalue weighted by molar-refractivity contribution is 7.89. The van der Waals surface area contributed by atoms with E-state index < -0.39 is 16.0 Å². The average Bonchev–Trinajstić information content (AvgIpc) is 2.79. The molecule has 7 nitrogen and oxygen atoms in total. The number of nitrogens with zero attached hydrogens (tertiary/aromatic N) is 2. The van der Waals surface area contributed by atoms with Crippen LogP contribution in [0.2, 0.25) is 0 Å². The Balaban J connectivity index is 1.83. The molecule has 0 radical (unpaired) electrons. The fraction of sp³-hybridized carbons (Fsp3) is 0.364. The predicted molar refractivity (Wildman–Crippen MR) is 111 cm³/mol. The van der Waals surface area contributed by atoms with E-state index in [1.165, 1.54) is 53.9 Å². The van der Waals surface area contributed by atoms with Gasteiger partial charge in [0.2, 0.25) is 10.0 Å². The van der Waals surface area contributed by atoms with Crippen LogP contribution in [-0.4, -0.2) is 38.9 Å². The SMILES string of the molecule is COc1cc(C#N)ccc1OC(=O)c1cccc(S(=O)(=O)N(C)C2CCCCC2)c1. The molecule has 0 spiro atoms. The third-order valence-corrected chi connectivity index (χ3v) is 7.24. The van der Waals surface area contributed by atoms with Gasteiger partial charge >= 0.3 is 5.97 Å². The van der Waals surface area contributed by atoms with Crippen molar-refractivity contribution < 1.29 is 22.7 Å². The van der Waals surface area contributed by atoms with E-state index in [9.17, 15) is 13.2 Å². The van der Waals surface area contributed by atoms with Crippen molar-refractivity contribution in [2.45, 2.75) is 43.0 Å². The summed E-state index contributed by atoms with van der Waals surface area (Å²) in [6.45, 7) is 0. The molecule has 30 heavy (non-hydrogen) atoms. The van der Waals surface area contributed by atoms with Crippen LogP contribution in [0, 0.1) is 11.3 Å². The number of sulfonamides is 1. The highest BCUT2D eigenvalue weighted by Crippen LogP contribution is 2.30. The minimum atomic E-state index is -3.72. The summed E-state index contributed by atoms with van der Waals surface area (Å²) in [5.74, 6) is -0.326. The Labute approximate surface area is 176 Å². The third kappa shape index (κ3) is 4.64. The van der Waals surface area contributed by atoms with Crippen molar-refractivity contribution in [3.05, 3.63) is 53.6 Å². The summed E-state index contributed by atoms with van der Waals surface area (Å²) in [6.07, 6.45) is 4.85. The molecule has 0 heterocycles. The Bertz CT molecular complexity index is 1070. The summed E-state index contributed by atoms with van der Waals surface area (Å²) < 4.78 is 38.1. The lowest BCUT2D eigenvalue weighted by atomic mass is 9.96. The van der Waals surface area contributed by atoms with Crippen molar-refractivity contribution in [2.75, 3.05) is 14.2 Å². The number of hydrogen-bond acceptors (Lipinski definition) is 6. The zero-order valence-electron chi connectivity index (χ0n) is 17.0. The Morgan fingerprint density at radius 1 is 1.10 bits per heavy atom. The van der Waals surface area contributed by atoms with Crippen LogP contribution in [0.25, 0.3) is 0 Å². The number of hydrogen-bond donors (Lipinski definition) is 0. The van der Waals surface area contributed by atoms with E-state index in [-0.39, 0.29) is 28.0 Å². The standard InChI is InChI=1S/C22H24N2O5S/c1-24(18-8-4-3-5-9-18)30(26,27)19-10-6-7-17(14-19)22(25)29-20-12-11-16(15-23)13-21(20)28-2/h6-7,10-14,18H,3-5,8-9H2,1-2H3. The van der Waals surface area contributed by atoms with Crippen LogP contribution < -0.4 is 9.47 Å². The second-order valence-electron chi connectivity index (χ2n) is 7.21. The van der Waals surface area contributed by atoms with E-state index in [2.05, 4.69) is 0 Å². The van der Waals surface area contributed by atoms with Crippen LogP contribution in [0.5, 0.6) is 11.5 Å². The molecule has 0 saturated heterocycles. The molecule has 0 bridgehead atoms. The Morgan fingerprint density at radius 3 is 2.50 bits per heavy atom. The van der Waals surface area contributed by atoms with Crippen molar-refractivity contribution in [3.8, 4) is 17.6 Å². The first-order valence-corrected chi connectivity index (χ1v) is 11.2.